The number of hydrogen-bond acceptors (Lipinski definition) is 4. The fourth-order valence-corrected chi connectivity index (χ4v) is 3.49. The standard InChI is InChI=1S/C15H20N2S2/c1-11(9-16-15(2,3)4)10-18-14-17-12-7-5-6-8-13(12)19-14/h5-8,16H,1,9-10H2,2-4H3. The smallest absolute Gasteiger partial charge is 0.151 e. The molecule has 0 radical (unpaired) electrons. The van der Waals surface area contributed by atoms with Gasteiger partial charge in [-0.1, -0.05) is 36.0 Å². The van der Waals surface area contributed by atoms with Gasteiger partial charge in [-0.25, -0.2) is 4.98 Å². The molecule has 2 aromatic rings. The van der Waals surface area contributed by atoms with Crippen LogP contribution < -0.4 is 5.32 Å². The normalized spacial score (nSPS) is 11.9. The summed E-state index contributed by atoms with van der Waals surface area (Å²) < 4.78 is 2.38. The molecule has 1 aromatic carbocycles. The van der Waals surface area contributed by atoms with E-state index in [0.717, 1.165) is 22.2 Å². The zero-order valence-electron chi connectivity index (χ0n) is 11.7. The maximum absolute atomic E-state index is 4.61. The van der Waals surface area contributed by atoms with Crippen LogP contribution in [0.5, 0.6) is 0 Å². The molecule has 0 aliphatic rings. The van der Waals surface area contributed by atoms with Crippen LogP contribution in [0.3, 0.4) is 0 Å². The molecule has 19 heavy (non-hydrogen) atoms. The van der Waals surface area contributed by atoms with Gasteiger partial charge >= 0.3 is 0 Å². The van der Waals surface area contributed by atoms with Crippen LogP contribution in [0.25, 0.3) is 10.2 Å². The van der Waals surface area contributed by atoms with E-state index in [0.29, 0.717) is 0 Å². The van der Waals surface area contributed by atoms with Crippen molar-refractivity contribution in [2.24, 2.45) is 0 Å². The van der Waals surface area contributed by atoms with Crippen molar-refractivity contribution in [1.82, 2.24) is 10.3 Å². The first-order chi connectivity index (χ1) is 8.94. The Morgan fingerprint density at radius 1 is 1.37 bits per heavy atom. The molecule has 0 atom stereocenters. The highest BCUT2D eigenvalue weighted by Crippen LogP contribution is 2.30. The molecule has 2 rings (SSSR count). The zero-order valence-corrected chi connectivity index (χ0v) is 13.3. The molecule has 1 aromatic heterocycles. The summed E-state index contributed by atoms with van der Waals surface area (Å²) >= 11 is 3.53. The minimum absolute atomic E-state index is 0.142. The highest BCUT2D eigenvalue weighted by molar-refractivity contribution is 8.01. The van der Waals surface area contributed by atoms with Gasteiger partial charge in [0.25, 0.3) is 0 Å². The van der Waals surface area contributed by atoms with Crippen molar-refractivity contribution in [2.45, 2.75) is 30.6 Å². The number of fused-ring (bicyclic) bond motifs is 1. The summed E-state index contributed by atoms with van der Waals surface area (Å²) in [5.74, 6) is 0.920. The van der Waals surface area contributed by atoms with E-state index in [4.69, 9.17) is 0 Å². The Labute approximate surface area is 123 Å². The predicted molar refractivity (Wildman–Crippen MR) is 87.2 cm³/mol. The Hall–Kier alpha value is -0.840. The van der Waals surface area contributed by atoms with Crippen molar-refractivity contribution < 1.29 is 0 Å². The molecular formula is C15H20N2S2. The average Bonchev–Trinajstić information content (AvgIpc) is 2.75. The first-order valence-corrected chi connectivity index (χ1v) is 8.14. The molecule has 1 N–H and O–H groups in total. The number of aromatic nitrogens is 1. The monoisotopic (exact) mass is 292 g/mol. The predicted octanol–water partition coefficient (Wildman–Crippen LogP) is 4.33. The van der Waals surface area contributed by atoms with E-state index in [2.05, 4.69) is 55.9 Å². The summed E-state index contributed by atoms with van der Waals surface area (Å²) in [6.07, 6.45) is 0. The van der Waals surface area contributed by atoms with Crippen molar-refractivity contribution in [2.75, 3.05) is 12.3 Å². The van der Waals surface area contributed by atoms with E-state index in [1.807, 2.05) is 6.07 Å². The van der Waals surface area contributed by atoms with E-state index in [1.54, 1.807) is 23.1 Å². The van der Waals surface area contributed by atoms with Crippen molar-refractivity contribution in [3.8, 4) is 0 Å². The van der Waals surface area contributed by atoms with Crippen LogP contribution in [-0.4, -0.2) is 22.8 Å². The van der Waals surface area contributed by atoms with Gasteiger partial charge in [-0.3, -0.25) is 0 Å². The third-order valence-corrected chi connectivity index (χ3v) is 4.87. The molecule has 0 saturated heterocycles. The summed E-state index contributed by atoms with van der Waals surface area (Å²) in [5, 5.41) is 3.45. The molecule has 0 spiro atoms. The lowest BCUT2D eigenvalue weighted by Crippen LogP contribution is -2.37. The Bertz CT molecular complexity index is 534. The fourth-order valence-electron chi connectivity index (χ4n) is 1.52. The van der Waals surface area contributed by atoms with Crippen LogP contribution in [0.15, 0.2) is 40.8 Å². The van der Waals surface area contributed by atoms with Crippen molar-refractivity contribution in [3.63, 3.8) is 0 Å². The van der Waals surface area contributed by atoms with Crippen LogP contribution >= 0.6 is 23.1 Å². The SMILES string of the molecule is C=C(CNC(C)(C)C)CSc1nc2ccccc2s1. The number of nitrogens with one attached hydrogen (secondary N) is 1. The summed E-state index contributed by atoms with van der Waals surface area (Å²) in [5.41, 5.74) is 2.44. The van der Waals surface area contributed by atoms with Gasteiger partial charge in [-0.15, -0.1) is 11.3 Å². The molecule has 0 saturated carbocycles. The van der Waals surface area contributed by atoms with Crippen LogP contribution in [0.1, 0.15) is 20.8 Å². The Morgan fingerprint density at radius 2 is 2.11 bits per heavy atom. The topological polar surface area (TPSA) is 24.9 Å². The lowest BCUT2D eigenvalue weighted by atomic mass is 10.1. The van der Waals surface area contributed by atoms with E-state index < -0.39 is 0 Å². The summed E-state index contributed by atoms with van der Waals surface area (Å²) in [7, 11) is 0. The second-order valence-electron chi connectivity index (χ2n) is 5.59. The second kappa shape index (κ2) is 6.07. The quantitative estimate of drug-likeness (QED) is 0.656. The third kappa shape index (κ3) is 4.64. The van der Waals surface area contributed by atoms with Crippen LogP contribution in [0, 0.1) is 0 Å². The first kappa shape index (κ1) is 14.6. The van der Waals surface area contributed by atoms with Gasteiger partial charge in [0.1, 0.15) is 0 Å². The number of benzene rings is 1. The minimum Gasteiger partial charge on any atom is -0.308 e. The maximum atomic E-state index is 4.61. The van der Waals surface area contributed by atoms with Gasteiger partial charge in [0.05, 0.1) is 10.2 Å². The van der Waals surface area contributed by atoms with E-state index in [1.165, 1.54) is 10.3 Å². The molecule has 4 heteroatoms. The number of thiazole rings is 1. The number of nitrogens with zero attached hydrogens (tertiary/aromatic N) is 1. The Kier molecular flexibility index (Phi) is 4.66. The minimum atomic E-state index is 0.142. The molecule has 0 fully saturated rings. The van der Waals surface area contributed by atoms with Gasteiger partial charge in [-0.2, -0.15) is 0 Å². The van der Waals surface area contributed by atoms with Gasteiger partial charge < -0.3 is 5.32 Å². The summed E-state index contributed by atoms with van der Waals surface area (Å²) in [6, 6.07) is 8.27. The van der Waals surface area contributed by atoms with Crippen LogP contribution in [-0.2, 0) is 0 Å². The summed E-state index contributed by atoms with van der Waals surface area (Å²) in [6.45, 7) is 11.5. The third-order valence-electron chi connectivity index (χ3n) is 2.54. The maximum Gasteiger partial charge on any atom is 0.151 e. The number of thioether (sulfide) groups is 1. The van der Waals surface area contributed by atoms with E-state index >= 15 is 0 Å². The van der Waals surface area contributed by atoms with Crippen molar-refractivity contribution in [1.29, 1.82) is 0 Å². The summed E-state index contributed by atoms with van der Waals surface area (Å²) in [4.78, 5) is 4.61. The Morgan fingerprint density at radius 3 is 2.79 bits per heavy atom. The molecule has 0 aliphatic carbocycles. The van der Waals surface area contributed by atoms with Gasteiger partial charge in [0, 0.05) is 17.8 Å². The first-order valence-electron chi connectivity index (χ1n) is 6.34. The lowest BCUT2D eigenvalue weighted by molar-refractivity contribution is 0.445. The highest BCUT2D eigenvalue weighted by Gasteiger charge is 2.09. The van der Waals surface area contributed by atoms with Crippen LogP contribution in [0.2, 0.25) is 0 Å². The molecule has 0 bridgehead atoms. The van der Waals surface area contributed by atoms with Gasteiger partial charge in [0.2, 0.25) is 0 Å². The molecule has 102 valence electrons. The van der Waals surface area contributed by atoms with Gasteiger partial charge in [0.15, 0.2) is 4.34 Å². The van der Waals surface area contributed by atoms with E-state index in [9.17, 15) is 0 Å². The molecule has 0 aliphatic heterocycles. The fraction of sp³-hybridized carbons (Fsp3) is 0.400. The molecule has 1 heterocycles. The zero-order chi connectivity index (χ0) is 13.9. The molecule has 0 amide bonds. The average molecular weight is 292 g/mol. The number of hydrogen-bond donors (Lipinski definition) is 1. The van der Waals surface area contributed by atoms with Crippen molar-refractivity contribution >= 4 is 33.3 Å². The highest BCUT2D eigenvalue weighted by atomic mass is 32.2. The molecular weight excluding hydrogens is 272 g/mol. The molecule has 2 nitrogen and oxygen atoms in total. The lowest BCUT2D eigenvalue weighted by Gasteiger charge is -2.21. The number of rotatable bonds is 5. The van der Waals surface area contributed by atoms with E-state index in [-0.39, 0.29) is 5.54 Å². The number of para-hydroxylation sites is 1. The molecule has 0 unspecified atom stereocenters. The second-order valence-corrected chi connectivity index (χ2v) is 7.84. The Balaban J connectivity index is 1.86. The largest absolute Gasteiger partial charge is 0.308 e. The van der Waals surface area contributed by atoms with Gasteiger partial charge in [-0.05, 0) is 32.9 Å². The van der Waals surface area contributed by atoms with Crippen molar-refractivity contribution in [3.05, 3.63) is 36.4 Å². The van der Waals surface area contributed by atoms with Crippen LogP contribution in [0.4, 0.5) is 0 Å².